The number of para-hydroxylation sites is 1. The quantitative estimate of drug-likeness (QED) is 0.160. The summed E-state index contributed by atoms with van der Waals surface area (Å²) in [7, 11) is 0. The maximum Gasteiger partial charge on any atom is 0.143 e. The Bertz CT molecular complexity index is 3590. The zero-order chi connectivity index (χ0) is 43.8. The molecule has 0 saturated carbocycles. The highest BCUT2D eigenvalue weighted by atomic mass is 16.3. The Morgan fingerprint density at radius 1 is 0.410 bits per heavy atom. The van der Waals surface area contributed by atoms with E-state index in [0.717, 1.165) is 71.7 Å². The summed E-state index contributed by atoms with van der Waals surface area (Å²) in [4.78, 5) is 1.95. The Kier molecular flexibility index (Phi) is 7.18. The van der Waals surface area contributed by atoms with Crippen LogP contribution in [0.4, 0.5) is 17.1 Å². The first kappa shape index (κ1) is 31.0. The number of furan rings is 1. The highest BCUT2D eigenvalue weighted by Gasteiger charge is 2.46. The van der Waals surface area contributed by atoms with E-state index in [-0.39, 0.29) is 35.4 Å². The molecular weight excluding hydrogens is 739 g/mol. The van der Waals surface area contributed by atoms with Gasteiger partial charge in [-0.05, 0) is 97.9 Å². The Balaban J connectivity index is 1.17. The van der Waals surface area contributed by atoms with Crippen LogP contribution in [0.1, 0.15) is 27.7 Å². The first-order valence-corrected chi connectivity index (χ1v) is 20.7. The molecule has 0 bridgehead atoms. The SMILES string of the molecule is [2H]c1c([2H])c(N(c2ccc3c(c2)C(c2ccccc2)(c2ccccc2)c2ccccc2-3)c2ccccc2-c2cccc3oc4c5ccccc5ccc4c23)c([2H])c([2H])c1-c1ccccc1. The van der Waals surface area contributed by atoms with E-state index in [4.69, 9.17) is 4.42 Å². The van der Waals surface area contributed by atoms with E-state index in [1.54, 1.807) is 0 Å². The summed E-state index contributed by atoms with van der Waals surface area (Å²) in [5.74, 6) is 0. The second-order valence-electron chi connectivity index (χ2n) is 15.6. The van der Waals surface area contributed by atoms with Crippen molar-refractivity contribution in [2.24, 2.45) is 0 Å². The summed E-state index contributed by atoms with van der Waals surface area (Å²) >= 11 is 0. The van der Waals surface area contributed by atoms with Crippen molar-refractivity contribution in [3.05, 3.63) is 259 Å². The molecule has 1 heterocycles. The number of hydrogen-bond donors (Lipinski definition) is 0. The van der Waals surface area contributed by atoms with Crippen LogP contribution in [0, 0.1) is 0 Å². The van der Waals surface area contributed by atoms with Gasteiger partial charge in [0.05, 0.1) is 16.6 Å². The molecule has 0 saturated heterocycles. The molecule has 11 aromatic rings. The number of anilines is 3. The fraction of sp³-hybridized carbons (Fsp3) is 0.0169. The topological polar surface area (TPSA) is 16.4 Å². The van der Waals surface area contributed by atoms with Gasteiger partial charge in [0.25, 0.3) is 0 Å². The van der Waals surface area contributed by atoms with Gasteiger partial charge in [0.2, 0.25) is 0 Å². The number of hydrogen-bond acceptors (Lipinski definition) is 2. The van der Waals surface area contributed by atoms with Gasteiger partial charge < -0.3 is 9.32 Å². The summed E-state index contributed by atoms with van der Waals surface area (Å²) < 4.78 is 45.6. The molecule has 0 unspecified atom stereocenters. The Morgan fingerprint density at radius 3 is 1.80 bits per heavy atom. The van der Waals surface area contributed by atoms with Crippen LogP contribution < -0.4 is 4.90 Å². The number of fused-ring (bicyclic) bond motifs is 8. The molecule has 0 amide bonds. The average molecular weight is 782 g/mol. The molecule has 0 aliphatic heterocycles. The summed E-state index contributed by atoms with van der Waals surface area (Å²) in [6.07, 6.45) is 0. The summed E-state index contributed by atoms with van der Waals surface area (Å²) in [5.41, 5.74) is 11.7. The van der Waals surface area contributed by atoms with Gasteiger partial charge in [0.15, 0.2) is 0 Å². The van der Waals surface area contributed by atoms with Crippen LogP contribution in [-0.4, -0.2) is 0 Å². The minimum atomic E-state index is -0.717. The third kappa shape index (κ3) is 5.43. The largest absolute Gasteiger partial charge is 0.455 e. The van der Waals surface area contributed by atoms with Crippen molar-refractivity contribution in [2.75, 3.05) is 4.90 Å². The van der Waals surface area contributed by atoms with Crippen LogP contribution in [0.2, 0.25) is 0 Å². The van der Waals surface area contributed by atoms with Crippen LogP contribution in [-0.2, 0) is 5.41 Å². The van der Waals surface area contributed by atoms with Gasteiger partial charge in [-0.15, -0.1) is 0 Å². The molecule has 0 radical (unpaired) electrons. The second-order valence-corrected chi connectivity index (χ2v) is 15.6. The Hall–Kier alpha value is -7.94. The monoisotopic (exact) mass is 781 g/mol. The molecule has 1 aliphatic carbocycles. The first-order valence-electron chi connectivity index (χ1n) is 22.7. The molecule has 61 heavy (non-hydrogen) atoms. The van der Waals surface area contributed by atoms with Crippen LogP contribution >= 0.6 is 0 Å². The van der Waals surface area contributed by atoms with Crippen molar-refractivity contribution < 1.29 is 9.90 Å². The average Bonchev–Trinajstić information content (AvgIpc) is 3.90. The second kappa shape index (κ2) is 14.1. The van der Waals surface area contributed by atoms with E-state index in [0.29, 0.717) is 16.9 Å². The lowest BCUT2D eigenvalue weighted by Crippen LogP contribution is -2.28. The summed E-state index contributed by atoms with van der Waals surface area (Å²) in [5, 5.41) is 4.06. The predicted molar refractivity (Wildman–Crippen MR) is 254 cm³/mol. The van der Waals surface area contributed by atoms with Gasteiger partial charge in [-0.25, -0.2) is 0 Å². The van der Waals surface area contributed by atoms with Crippen molar-refractivity contribution >= 4 is 49.8 Å². The molecule has 0 atom stereocenters. The first-order chi connectivity index (χ1) is 31.9. The molecule has 1 aromatic heterocycles. The zero-order valence-electron chi connectivity index (χ0n) is 37.1. The highest BCUT2D eigenvalue weighted by Crippen LogP contribution is 2.57. The van der Waals surface area contributed by atoms with Crippen molar-refractivity contribution in [3.8, 4) is 33.4 Å². The fourth-order valence-corrected chi connectivity index (χ4v) is 9.80. The van der Waals surface area contributed by atoms with E-state index in [2.05, 4.69) is 127 Å². The van der Waals surface area contributed by atoms with Crippen LogP contribution in [0.3, 0.4) is 0 Å². The third-order valence-corrected chi connectivity index (χ3v) is 12.4. The molecule has 0 fully saturated rings. The summed E-state index contributed by atoms with van der Waals surface area (Å²) in [6, 6.07) is 71.8. The zero-order valence-corrected chi connectivity index (χ0v) is 33.1. The van der Waals surface area contributed by atoms with Gasteiger partial charge in [-0.3, -0.25) is 0 Å². The maximum absolute atomic E-state index is 9.88. The molecule has 286 valence electrons. The molecule has 1 aliphatic rings. The minimum Gasteiger partial charge on any atom is -0.455 e. The van der Waals surface area contributed by atoms with Gasteiger partial charge in [0.1, 0.15) is 11.2 Å². The Morgan fingerprint density at radius 2 is 1.03 bits per heavy atom. The lowest BCUT2D eigenvalue weighted by molar-refractivity contribution is 0.673. The standard InChI is InChI=1S/C59H39NO/c1-4-17-40(18-5-1)41-31-34-45(35-32-41)60(55-29-15-13-26-50(55)51-27-16-30-56-57(51)52-37-33-42-19-10-11-24-47(42)58(52)61-56)46-36-38-49-48-25-12-14-28-53(48)59(54(49)39-46,43-20-6-2-7-21-43)44-22-8-3-9-23-44/h1-39H/i31D,32D,34D,35D. The molecule has 10 aromatic carbocycles. The van der Waals surface area contributed by atoms with E-state index < -0.39 is 5.41 Å². The van der Waals surface area contributed by atoms with Gasteiger partial charge in [-0.2, -0.15) is 0 Å². The Labute approximate surface area is 360 Å². The number of benzene rings is 10. The summed E-state index contributed by atoms with van der Waals surface area (Å²) in [6.45, 7) is 0. The van der Waals surface area contributed by atoms with Crippen molar-refractivity contribution in [2.45, 2.75) is 5.41 Å². The van der Waals surface area contributed by atoms with Gasteiger partial charge in [0, 0.05) is 33.1 Å². The van der Waals surface area contributed by atoms with Crippen molar-refractivity contribution in [1.82, 2.24) is 0 Å². The smallest absolute Gasteiger partial charge is 0.143 e. The van der Waals surface area contributed by atoms with E-state index in [9.17, 15) is 5.48 Å². The lowest BCUT2D eigenvalue weighted by Gasteiger charge is -2.35. The lowest BCUT2D eigenvalue weighted by atomic mass is 9.67. The molecule has 2 heteroatoms. The third-order valence-electron chi connectivity index (χ3n) is 12.4. The van der Waals surface area contributed by atoms with Gasteiger partial charge in [-0.1, -0.05) is 194 Å². The molecule has 12 rings (SSSR count). The van der Waals surface area contributed by atoms with Crippen LogP contribution in [0.25, 0.3) is 66.1 Å². The molecule has 0 N–H and O–H groups in total. The highest BCUT2D eigenvalue weighted by molar-refractivity contribution is 6.19. The molecular formula is C59H39NO. The van der Waals surface area contributed by atoms with E-state index >= 15 is 0 Å². The molecule has 0 spiro atoms. The number of rotatable bonds is 7. The fourth-order valence-electron chi connectivity index (χ4n) is 9.80. The predicted octanol–water partition coefficient (Wildman–Crippen LogP) is 15.9. The van der Waals surface area contributed by atoms with E-state index in [1.165, 1.54) is 5.56 Å². The minimum absolute atomic E-state index is 0.110. The van der Waals surface area contributed by atoms with Crippen LogP contribution in [0.15, 0.2) is 241 Å². The normalized spacial score (nSPS) is 13.6. The number of nitrogens with zero attached hydrogens (tertiary/aromatic N) is 1. The van der Waals surface area contributed by atoms with Crippen molar-refractivity contribution in [3.63, 3.8) is 0 Å². The van der Waals surface area contributed by atoms with Gasteiger partial charge >= 0.3 is 0 Å². The maximum atomic E-state index is 9.88. The van der Waals surface area contributed by atoms with E-state index in [1.807, 2.05) is 89.8 Å². The molecule has 2 nitrogen and oxygen atoms in total. The van der Waals surface area contributed by atoms with Crippen LogP contribution in [0.5, 0.6) is 0 Å². The van der Waals surface area contributed by atoms with Crippen molar-refractivity contribution in [1.29, 1.82) is 0 Å².